The SMILES string of the molecule is COC(=O)[C@H]1[C@H]2C(=O)N(c3cccc(C(F)(F)F)c3)C[C@@]23C=C[C@H]1O3. The molecule has 4 atom stereocenters. The van der Waals surface area contributed by atoms with Crippen LogP contribution in [-0.2, 0) is 25.2 Å². The number of fused-ring (bicyclic) bond motifs is 1. The third kappa shape index (κ3) is 2.20. The van der Waals surface area contributed by atoms with E-state index in [2.05, 4.69) is 0 Å². The average Bonchev–Trinajstić information content (AvgIpc) is 3.22. The number of anilines is 1. The zero-order valence-corrected chi connectivity index (χ0v) is 13.1. The van der Waals surface area contributed by atoms with E-state index in [4.69, 9.17) is 9.47 Å². The van der Waals surface area contributed by atoms with Gasteiger partial charge < -0.3 is 14.4 Å². The molecule has 1 amide bonds. The second-order valence-electron chi connectivity index (χ2n) is 6.40. The van der Waals surface area contributed by atoms with Gasteiger partial charge in [0.15, 0.2) is 0 Å². The molecule has 0 aromatic heterocycles. The van der Waals surface area contributed by atoms with Crippen molar-refractivity contribution >= 4 is 17.6 Å². The lowest BCUT2D eigenvalue weighted by atomic mass is 9.77. The second kappa shape index (κ2) is 5.08. The van der Waals surface area contributed by atoms with Gasteiger partial charge in [0.1, 0.15) is 11.5 Å². The van der Waals surface area contributed by atoms with Crippen LogP contribution in [0, 0.1) is 11.8 Å². The molecular formula is C17H14F3NO4. The summed E-state index contributed by atoms with van der Waals surface area (Å²) in [7, 11) is 1.23. The molecule has 5 nitrogen and oxygen atoms in total. The number of benzene rings is 1. The number of ether oxygens (including phenoxy) is 2. The van der Waals surface area contributed by atoms with Crippen LogP contribution in [0.25, 0.3) is 0 Å². The highest BCUT2D eigenvalue weighted by molar-refractivity contribution is 6.02. The Bertz CT molecular complexity index is 790. The summed E-state index contributed by atoms with van der Waals surface area (Å²) in [6, 6.07) is 4.57. The van der Waals surface area contributed by atoms with E-state index in [1.54, 1.807) is 12.2 Å². The first kappa shape index (κ1) is 16.1. The zero-order valence-electron chi connectivity index (χ0n) is 13.1. The molecule has 0 radical (unpaired) electrons. The first-order valence-electron chi connectivity index (χ1n) is 7.70. The van der Waals surface area contributed by atoms with E-state index in [9.17, 15) is 22.8 Å². The highest BCUT2D eigenvalue weighted by atomic mass is 19.4. The average molecular weight is 353 g/mol. The molecule has 2 bridgehead atoms. The molecule has 3 aliphatic rings. The van der Waals surface area contributed by atoms with Gasteiger partial charge in [0.2, 0.25) is 5.91 Å². The maximum absolute atomic E-state index is 12.9. The van der Waals surface area contributed by atoms with Gasteiger partial charge in [-0.25, -0.2) is 0 Å². The lowest BCUT2D eigenvalue weighted by Gasteiger charge is -2.22. The highest BCUT2D eigenvalue weighted by Gasteiger charge is 2.67. The van der Waals surface area contributed by atoms with Crippen LogP contribution in [0.2, 0.25) is 0 Å². The molecule has 1 spiro atoms. The summed E-state index contributed by atoms with van der Waals surface area (Å²) in [5, 5.41) is 0. The molecule has 25 heavy (non-hydrogen) atoms. The number of halogens is 3. The van der Waals surface area contributed by atoms with E-state index in [1.807, 2.05) is 0 Å². The molecule has 0 aliphatic carbocycles. The Kier molecular flexibility index (Phi) is 3.28. The van der Waals surface area contributed by atoms with Crippen LogP contribution in [-0.4, -0.2) is 37.2 Å². The highest BCUT2D eigenvalue weighted by Crippen LogP contribution is 2.53. The zero-order chi connectivity index (χ0) is 18.0. The van der Waals surface area contributed by atoms with Gasteiger partial charge in [0, 0.05) is 5.69 Å². The lowest BCUT2D eigenvalue weighted by Crippen LogP contribution is -2.39. The molecule has 0 saturated carbocycles. The van der Waals surface area contributed by atoms with Crippen LogP contribution >= 0.6 is 0 Å². The van der Waals surface area contributed by atoms with Gasteiger partial charge in [-0.05, 0) is 18.2 Å². The van der Waals surface area contributed by atoms with E-state index in [1.165, 1.54) is 24.1 Å². The second-order valence-corrected chi connectivity index (χ2v) is 6.40. The van der Waals surface area contributed by atoms with Crippen molar-refractivity contribution < 1.29 is 32.2 Å². The topological polar surface area (TPSA) is 55.8 Å². The minimum absolute atomic E-state index is 0.0678. The van der Waals surface area contributed by atoms with Gasteiger partial charge in [-0.3, -0.25) is 9.59 Å². The quantitative estimate of drug-likeness (QED) is 0.604. The number of hydrogen-bond donors (Lipinski definition) is 0. The first-order chi connectivity index (χ1) is 11.8. The number of amides is 1. The van der Waals surface area contributed by atoms with Crippen LogP contribution in [0.15, 0.2) is 36.4 Å². The molecule has 3 aliphatic heterocycles. The van der Waals surface area contributed by atoms with E-state index in [-0.39, 0.29) is 12.2 Å². The number of carbonyl (C=O) groups excluding carboxylic acids is 2. The summed E-state index contributed by atoms with van der Waals surface area (Å²) in [5.41, 5.74) is -1.69. The van der Waals surface area contributed by atoms with Gasteiger partial charge in [0.25, 0.3) is 0 Å². The monoisotopic (exact) mass is 353 g/mol. The van der Waals surface area contributed by atoms with Crippen LogP contribution in [0.3, 0.4) is 0 Å². The summed E-state index contributed by atoms with van der Waals surface area (Å²) in [6.07, 6.45) is -1.60. The van der Waals surface area contributed by atoms with E-state index >= 15 is 0 Å². The van der Waals surface area contributed by atoms with Crippen LogP contribution < -0.4 is 4.90 Å². The van der Waals surface area contributed by atoms with E-state index in [0.717, 1.165) is 12.1 Å². The van der Waals surface area contributed by atoms with Crippen molar-refractivity contribution in [3.8, 4) is 0 Å². The summed E-state index contributed by atoms with van der Waals surface area (Å²) in [4.78, 5) is 26.2. The first-order valence-corrected chi connectivity index (χ1v) is 7.70. The largest absolute Gasteiger partial charge is 0.469 e. The molecule has 8 heteroatoms. The Balaban J connectivity index is 1.71. The molecule has 1 aromatic carbocycles. The maximum atomic E-state index is 12.9. The fourth-order valence-corrected chi connectivity index (χ4v) is 3.97. The normalized spacial score (nSPS) is 33.0. The van der Waals surface area contributed by atoms with E-state index in [0.29, 0.717) is 0 Å². The van der Waals surface area contributed by atoms with Crippen LogP contribution in [0.1, 0.15) is 5.56 Å². The number of esters is 1. The Morgan fingerprint density at radius 3 is 2.84 bits per heavy atom. The van der Waals surface area contributed by atoms with Crippen molar-refractivity contribution in [2.24, 2.45) is 11.8 Å². The predicted octanol–water partition coefficient (Wildman–Crippen LogP) is 2.16. The predicted molar refractivity (Wildman–Crippen MR) is 79.5 cm³/mol. The Labute approximate surface area is 141 Å². The minimum Gasteiger partial charge on any atom is -0.469 e. The number of alkyl halides is 3. The van der Waals surface area contributed by atoms with Crippen molar-refractivity contribution in [2.75, 3.05) is 18.6 Å². The molecule has 132 valence electrons. The molecule has 0 N–H and O–H groups in total. The van der Waals surface area contributed by atoms with Gasteiger partial charge in [-0.15, -0.1) is 0 Å². The number of methoxy groups -OCH3 is 1. The molecule has 4 rings (SSSR count). The number of hydrogen-bond acceptors (Lipinski definition) is 4. The molecule has 2 saturated heterocycles. The van der Waals surface area contributed by atoms with Crippen LogP contribution in [0.4, 0.5) is 18.9 Å². The fourth-order valence-electron chi connectivity index (χ4n) is 3.97. The number of carbonyl (C=O) groups is 2. The fraction of sp³-hybridized carbons (Fsp3) is 0.412. The van der Waals surface area contributed by atoms with Gasteiger partial charge >= 0.3 is 12.1 Å². The van der Waals surface area contributed by atoms with Crippen LogP contribution in [0.5, 0.6) is 0 Å². The maximum Gasteiger partial charge on any atom is 0.416 e. The van der Waals surface area contributed by atoms with Crippen molar-refractivity contribution in [3.05, 3.63) is 42.0 Å². The number of nitrogens with zero attached hydrogens (tertiary/aromatic N) is 1. The standard InChI is InChI=1S/C17H14F3NO4/c1-24-15(23)12-11-5-6-16(25-11)8-21(14(22)13(12)16)10-4-2-3-9(7-10)17(18,19)20/h2-7,11-13H,8H2,1H3/t11-,12-,13+,16+/m1/s1. The summed E-state index contributed by atoms with van der Waals surface area (Å²) in [5.74, 6) is -2.55. The molecule has 2 fully saturated rings. The van der Waals surface area contributed by atoms with Crippen molar-refractivity contribution in [1.82, 2.24) is 0 Å². The Morgan fingerprint density at radius 1 is 1.40 bits per heavy atom. The van der Waals surface area contributed by atoms with Crippen molar-refractivity contribution in [1.29, 1.82) is 0 Å². The third-order valence-electron chi connectivity index (χ3n) is 5.06. The molecular weight excluding hydrogens is 339 g/mol. The summed E-state index contributed by atoms with van der Waals surface area (Å²) < 4.78 is 49.4. The third-order valence-corrected chi connectivity index (χ3v) is 5.06. The minimum atomic E-state index is -4.50. The summed E-state index contributed by atoms with van der Waals surface area (Å²) >= 11 is 0. The Morgan fingerprint density at radius 2 is 2.16 bits per heavy atom. The van der Waals surface area contributed by atoms with Crippen molar-refractivity contribution in [3.63, 3.8) is 0 Å². The van der Waals surface area contributed by atoms with E-state index < -0.39 is 47.2 Å². The Hall–Kier alpha value is -2.35. The smallest absolute Gasteiger partial charge is 0.416 e. The van der Waals surface area contributed by atoms with Gasteiger partial charge in [0.05, 0.1) is 31.2 Å². The van der Waals surface area contributed by atoms with Gasteiger partial charge in [-0.2, -0.15) is 13.2 Å². The molecule has 1 aromatic rings. The van der Waals surface area contributed by atoms with Gasteiger partial charge in [-0.1, -0.05) is 18.2 Å². The molecule has 0 unspecified atom stereocenters. The molecule has 3 heterocycles. The lowest BCUT2D eigenvalue weighted by molar-refractivity contribution is -0.149. The summed E-state index contributed by atoms with van der Waals surface area (Å²) in [6.45, 7) is 0.0678. The van der Waals surface area contributed by atoms with Crippen molar-refractivity contribution in [2.45, 2.75) is 17.9 Å². The number of rotatable bonds is 2.